The molecule has 0 spiro atoms. The fraction of sp³-hybridized carbons (Fsp3) is 0.227. The van der Waals surface area contributed by atoms with E-state index in [1.807, 2.05) is 29.8 Å². The molecule has 1 N–H and O–H groups in total. The molecule has 0 saturated carbocycles. The van der Waals surface area contributed by atoms with E-state index in [4.69, 9.17) is 10.2 Å². The first-order valence-corrected chi connectivity index (χ1v) is 10.7. The van der Waals surface area contributed by atoms with Gasteiger partial charge in [-0.05, 0) is 31.2 Å². The van der Waals surface area contributed by atoms with Gasteiger partial charge in [-0.2, -0.15) is 5.26 Å². The van der Waals surface area contributed by atoms with E-state index in [1.165, 1.54) is 11.3 Å². The number of aromatic nitrogens is 4. The lowest BCUT2D eigenvalue weighted by Crippen LogP contribution is -2.44. The summed E-state index contributed by atoms with van der Waals surface area (Å²) in [5, 5.41) is 12.8. The molecule has 0 bridgehead atoms. The molecule has 4 aromatic rings. The summed E-state index contributed by atoms with van der Waals surface area (Å²) in [5.41, 5.74) is 4.57. The second-order valence-electron chi connectivity index (χ2n) is 7.39. The van der Waals surface area contributed by atoms with Crippen LogP contribution in [0.25, 0.3) is 32.9 Å². The Hall–Kier alpha value is -3.61. The Morgan fingerprint density at radius 1 is 1.23 bits per heavy atom. The number of amides is 1. The lowest BCUT2D eigenvalue weighted by molar-refractivity contribution is 0.0711. The van der Waals surface area contributed by atoms with E-state index in [9.17, 15) is 4.79 Å². The number of hydrogen-bond acceptors (Lipinski definition) is 7. The quantitative estimate of drug-likeness (QED) is 0.537. The maximum absolute atomic E-state index is 13.1. The van der Waals surface area contributed by atoms with Crippen LogP contribution in [-0.2, 0) is 7.05 Å². The van der Waals surface area contributed by atoms with Crippen LogP contribution >= 0.6 is 11.3 Å². The molecule has 1 aliphatic heterocycles. The zero-order valence-electron chi connectivity index (χ0n) is 16.9. The molecule has 8 nitrogen and oxygen atoms in total. The molecule has 9 heteroatoms. The molecule has 1 aromatic carbocycles. The first-order valence-electron chi connectivity index (χ1n) is 9.93. The standard InChI is InChI=1S/C22H19N7OS/c1-28-13-26-17-9-16(11-25-20(17)28)19-18(15-5-3-14(10-23)4-6-15)27-21(31-19)22(30)29-8-2-7-24-12-29/h3-6,9,11,13,24H,2,7-8,12H2,1H3. The number of hydrogen-bond donors (Lipinski definition) is 1. The summed E-state index contributed by atoms with van der Waals surface area (Å²) in [6.45, 7) is 2.16. The number of aryl methyl sites for hydroxylation is 1. The SMILES string of the molecule is Cn1cnc2cc(-c3sc(C(=O)N4CCCNC4)nc3-c3ccc(C#N)cc3)cnc21. The molecular weight excluding hydrogens is 410 g/mol. The highest BCUT2D eigenvalue weighted by Gasteiger charge is 2.25. The van der Waals surface area contributed by atoms with Gasteiger partial charge in [0.05, 0.1) is 35.2 Å². The first kappa shape index (κ1) is 19.4. The molecule has 1 saturated heterocycles. The summed E-state index contributed by atoms with van der Waals surface area (Å²) in [6.07, 6.45) is 4.45. The predicted octanol–water partition coefficient (Wildman–Crippen LogP) is 3.02. The van der Waals surface area contributed by atoms with E-state index < -0.39 is 0 Å². The molecule has 0 radical (unpaired) electrons. The highest BCUT2D eigenvalue weighted by Crippen LogP contribution is 2.38. The van der Waals surface area contributed by atoms with Crippen molar-refractivity contribution in [3.8, 4) is 27.8 Å². The number of pyridine rings is 1. The smallest absolute Gasteiger partial charge is 0.283 e. The van der Waals surface area contributed by atoms with E-state index in [0.29, 0.717) is 29.5 Å². The Kier molecular flexibility index (Phi) is 4.94. The third-order valence-electron chi connectivity index (χ3n) is 5.28. The number of nitrogens with one attached hydrogen (secondary N) is 1. The van der Waals surface area contributed by atoms with Crippen molar-refractivity contribution in [1.82, 2.24) is 29.7 Å². The van der Waals surface area contributed by atoms with Crippen LogP contribution in [0.4, 0.5) is 0 Å². The monoisotopic (exact) mass is 429 g/mol. The first-order chi connectivity index (χ1) is 15.1. The number of rotatable bonds is 3. The van der Waals surface area contributed by atoms with Gasteiger partial charge in [0, 0.05) is 30.9 Å². The van der Waals surface area contributed by atoms with Crippen LogP contribution in [0.1, 0.15) is 21.8 Å². The summed E-state index contributed by atoms with van der Waals surface area (Å²) in [7, 11) is 1.90. The van der Waals surface area contributed by atoms with Crippen LogP contribution in [0.15, 0.2) is 42.9 Å². The van der Waals surface area contributed by atoms with Crippen molar-refractivity contribution >= 4 is 28.4 Å². The number of carbonyl (C=O) groups excluding carboxylic acids is 1. The lowest BCUT2D eigenvalue weighted by Gasteiger charge is -2.26. The topological polar surface area (TPSA) is 99.7 Å². The number of thiazole rings is 1. The van der Waals surface area contributed by atoms with Crippen LogP contribution in [0, 0.1) is 11.3 Å². The number of fused-ring (bicyclic) bond motifs is 1. The number of carbonyl (C=O) groups is 1. The maximum atomic E-state index is 13.1. The molecule has 3 aromatic heterocycles. The minimum atomic E-state index is -0.0785. The van der Waals surface area contributed by atoms with Crippen molar-refractivity contribution in [3.63, 3.8) is 0 Å². The van der Waals surface area contributed by atoms with Crippen molar-refractivity contribution in [2.45, 2.75) is 6.42 Å². The van der Waals surface area contributed by atoms with Crippen molar-refractivity contribution < 1.29 is 4.79 Å². The second-order valence-corrected chi connectivity index (χ2v) is 8.39. The van der Waals surface area contributed by atoms with Gasteiger partial charge < -0.3 is 9.47 Å². The van der Waals surface area contributed by atoms with Crippen LogP contribution < -0.4 is 5.32 Å². The van der Waals surface area contributed by atoms with Crippen molar-refractivity contribution in [2.75, 3.05) is 19.8 Å². The highest BCUT2D eigenvalue weighted by atomic mass is 32.1. The van der Waals surface area contributed by atoms with Gasteiger partial charge in [0.15, 0.2) is 10.7 Å². The number of nitriles is 1. The van der Waals surface area contributed by atoms with Crippen molar-refractivity contribution in [1.29, 1.82) is 5.26 Å². The van der Waals surface area contributed by atoms with E-state index in [1.54, 1.807) is 29.6 Å². The van der Waals surface area contributed by atoms with E-state index in [-0.39, 0.29) is 5.91 Å². The summed E-state index contributed by atoms with van der Waals surface area (Å²) in [5.74, 6) is -0.0785. The van der Waals surface area contributed by atoms with Gasteiger partial charge in [-0.1, -0.05) is 12.1 Å². The minimum Gasteiger partial charge on any atom is -0.324 e. The fourth-order valence-electron chi connectivity index (χ4n) is 3.64. The van der Waals surface area contributed by atoms with Gasteiger partial charge in [-0.25, -0.2) is 15.0 Å². The van der Waals surface area contributed by atoms with Gasteiger partial charge in [0.2, 0.25) is 0 Å². The van der Waals surface area contributed by atoms with Crippen LogP contribution in [-0.4, -0.2) is 50.1 Å². The largest absolute Gasteiger partial charge is 0.324 e. The third-order valence-corrected chi connectivity index (χ3v) is 6.37. The molecule has 0 atom stereocenters. The number of nitrogens with zero attached hydrogens (tertiary/aromatic N) is 6. The van der Waals surface area contributed by atoms with Gasteiger partial charge in [0.1, 0.15) is 5.52 Å². The van der Waals surface area contributed by atoms with E-state index in [2.05, 4.69) is 21.4 Å². The van der Waals surface area contributed by atoms with Gasteiger partial charge in [0.25, 0.3) is 5.91 Å². The lowest BCUT2D eigenvalue weighted by atomic mass is 10.1. The van der Waals surface area contributed by atoms with Crippen molar-refractivity contribution in [2.24, 2.45) is 7.05 Å². The maximum Gasteiger partial charge on any atom is 0.283 e. The Morgan fingerprint density at radius 2 is 2.06 bits per heavy atom. The van der Waals surface area contributed by atoms with Gasteiger partial charge in [-0.15, -0.1) is 11.3 Å². The molecule has 31 heavy (non-hydrogen) atoms. The Labute approximate surface area is 182 Å². The average molecular weight is 430 g/mol. The van der Waals surface area contributed by atoms with E-state index in [0.717, 1.165) is 40.1 Å². The molecule has 1 fully saturated rings. The molecule has 5 rings (SSSR count). The predicted molar refractivity (Wildman–Crippen MR) is 118 cm³/mol. The van der Waals surface area contributed by atoms with Gasteiger partial charge in [-0.3, -0.25) is 10.1 Å². The number of imidazole rings is 1. The van der Waals surface area contributed by atoms with E-state index >= 15 is 0 Å². The summed E-state index contributed by atoms with van der Waals surface area (Å²) < 4.78 is 1.87. The molecule has 0 aliphatic carbocycles. The second kappa shape index (κ2) is 7.91. The third kappa shape index (κ3) is 3.56. The fourth-order valence-corrected chi connectivity index (χ4v) is 4.68. The normalized spacial score (nSPS) is 14.0. The molecule has 1 amide bonds. The zero-order valence-corrected chi connectivity index (χ0v) is 17.7. The molecular formula is C22H19N7OS. The molecule has 154 valence electrons. The Morgan fingerprint density at radius 3 is 2.81 bits per heavy atom. The van der Waals surface area contributed by atoms with Crippen LogP contribution in [0.2, 0.25) is 0 Å². The average Bonchev–Trinajstić information content (AvgIpc) is 3.43. The van der Waals surface area contributed by atoms with Crippen LogP contribution in [0.5, 0.6) is 0 Å². The summed E-state index contributed by atoms with van der Waals surface area (Å²) in [6, 6.07) is 11.3. The Bertz CT molecular complexity index is 1310. The molecule has 4 heterocycles. The zero-order chi connectivity index (χ0) is 21.4. The van der Waals surface area contributed by atoms with Crippen LogP contribution in [0.3, 0.4) is 0 Å². The summed E-state index contributed by atoms with van der Waals surface area (Å²) >= 11 is 1.36. The summed E-state index contributed by atoms with van der Waals surface area (Å²) in [4.78, 5) is 29.4. The minimum absolute atomic E-state index is 0.0785. The molecule has 0 unspecified atom stereocenters. The highest BCUT2D eigenvalue weighted by molar-refractivity contribution is 7.17. The van der Waals surface area contributed by atoms with Crippen molar-refractivity contribution in [3.05, 3.63) is 53.4 Å². The molecule has 1 aliphatic rings. The Balaban J connectivity index is 1.62. The van der Waals surface area contributed by atoms with Gasteiger partial charge >= 0.3 is 0 Å². The number of benzene rings is 1.